The molecule has 3 N–H and O–H groups in total. The average Bonchev–Trinajstić information content (AvgIpc) is 2.39. The van der Waals surface area contributed by atoms with Crippen molar-refractivity contribution in [1.29, 1.82) is 0 Å². The number of carbonyl (C=O) groups excluding carboxylic acids is 1. The summed E-state index contributed by atoms with van der Waals surface area (Å²) in [4.78, 5) is 22.5. The van der Waals surface area contributed by atoms with Gasteiger partial charge in [0, 0.05) is 17.2 Å². The number of fused-ring (bicyclic) bond motifs is 1. The first-order valence-corrected chi connectivity index (χ1v) is 6.86. The summed E-state index contributed by atoms with van der Waals surface area (Å²) in [7, 11) is 0. The first-order chi connectivity index (χ1) is 9.10. The van der Waals surface area contributed by atoms with Gasteiger partial charge in [0.25, 0.3) is 0 Å². The second-order valence-corrected chi connectivity index (χ2v) is 5.14. The van der Waals surface area contributed by atoms with Crippen molar-refractivity contribution in [1.82, 2.24) is 5.43 Å². The Morgan fingerprint density at radius 1 is 1.42 bits per heavy atom. The number of nitrogens with two attached hydrogens (primary N) is 1. The van der Waals surface area contributed by atoms with Crippen molar-refractivity contribution >= 4 is 28.6 Å². The maximum Gasteiger partial charge on any atom is 0.336 e. The standard InChI is InChI=1S/C13H14N2O3S/c1-8-2-3-11-10(4-8)9(5-13(17)18-11)6-19-7-12(16)15-14/h2-5H,6-7,14H2,1H3,(H,15,16). The van der Waals surface area contributed by atoms with Gasteiger partial charge in [-0.1, -0.05) is 11.6 Å². The molecule has 0 radical (unpaired) electrons. The number of thioether (sulfide) groups is 1. The molecular formula is C13H14N2O3S. The van der Waals surface area contributed by atoms with Crippen LogP contribution in [0.1, 0.15) is 11.1 Å². The van der Waals surface area contributed by atoms with Crippen LogP contribution in [0.25, 0.3) is 11.0 Å². The molecule has 0 saturated heterocycles. The Morgan fingerprint density at radius 3 is 2.95 bits per heavy atom. The van der Waals surface area contributed by atoms with Crippen LogP contribution in [-0.4, -0.2) is 11.7 Å². The predicted molar refractivity (Wildman–Crippen MR) is 75.7 cm³/mol. The highest BCUT2D eigenvalue weighted by molar-refractivity contribution is 7.99. The predicted octanol–water partition coefficient (Wildman–Crippen LogP) is 1.32. The summed E-state index contributed by atoms with van der Waals surface area (Å²) in [6.45, 7) is 1.98. The number of benzene rings is 1. The Balaban J connectivity index is 2.28. The van der Waals surface area contributed by atoms with Gasteiger partial charge in [-0.15, -0.1) is 11.8 Å². The number of nitrogens with one attached hydrogen (secondary N) is 1. The van der Waals surface area contributed by atoms with E-state index in [0.29, 0.717) is 11.3 Å². The van der Waals surface area contributed by atoms with Gasteiger partial charge in [-0.25, -0.2) is 10.6 Å². The fraction of sp³-hybridized carbons (Fsp3) is 0.231. The largest absolute Gasteiger partial charge is 0.423 e. The highest BCUT2D eigenvalue weighted by Crippen LogP contribution is 2.22. The molecule has 5 nitrogen and oxygen atoms in total. The van der Waals surface area contributed by atoms with E-state index in [2.05, 4.69) is 5.43 Å². The number of carbonyl (C=O) groups is 1. The van der Waals surface area contributed by atoms with Crippen molar-refractivity contribution in [2.75, 3.05) is 5.75 Å². The summed E-state index contributed by atoms with van der Waals surface area (Å²) in [6.07, 6.45) is 0. The van der Waals surface area contributed by atoms with Gasteiger partial charge < -0.3 is 4.42 Å². The minimum Gasteiger partial charge on any atom is -0.423 e. The summed E-state index contributed by atoms with van der Waals surface area (Å²) in [5, 5.41) is 0.903. The van der Waals surface area contributed by atoms with Crippen LogP contribution in [0.15, 0.2) is 33.5 Å². The van der Waals surface area contributed by atoms with Gasteiger partial charge in [-0.2, -0.15) is 0 Å². The molecule has 0 fully saturated rings. The number of hydrogen-bond donors (Lipinski definition) is 2. The zero-order valence-electron chi connectivity index (χ0n) is 10.4. The molecule has 6 heteroatoms. The monoisotopic (exact) mass is 278 g/mol. The highest BCUT2D eigenvalue weighted by Gasteiger charge is 2.07. The van der Waals surface area contributed by atoms with Crippen molar-refractivity contribution in [2.24, 2.45) is 5.84 Å². The molecule has 0 aliphatic carbocycles. The van der Waals surface area contributed by atoms with Crippen molar-refractivity contribution in [2.45, 2.75) is 12.7 Å². The molecule has 1 aromatic heterocycles. The van der Waals surface area contributed by atoms with E-state index in [1.54, 1.807) is 6.07 Å². The summed E-state index contributed by atoms with van der Waals surface area (Å²) in [5.41, 5.74) is 4.21. The van der Waals surface area contributed by atoms with Crippen molar-refractivity contribution in [3.63, 3.8) is 0 Å². The van der Waals surface area contributed by atoms with E-state index >= 15 is 0 Å². The number of hydrazine groups is 1. The molecule has 1 amide bonds. The zero-order chi connectivity index (χ0) is 13.8. The van der Waals surface area contributed by atoms with Gasteiger partial charge in [0.15, 0.2) is 0 Å². The maximum absolute atomic E-state index is 11.5. The molecule has 19 heavy (non-hydrogen) atoms. The third-order valence-electron chi connectivity index (χ3n) is 2.64. The van der Waals surface area contributed by atoms with E-state index in [-0.39, 0.29) is 17.3 Å². The van der Waals surface area contributed by atoms with E-state index in [4.69, 9.17) is 10.3 Å². The van der Waals surface area contributed by atoms with Crippen LogP contribution in [-0.2, 0) is 10.5 Å². The Hall–Kier alpha value is -1.79. The van der Waals surface area contributed by atoms with Crippen LogP contribution in [0.5, 0.6) is 0 Å². The van der Waals surface area contributed by atoms with Gasteiger partial charge in [0.05, 0.1) is 5.75 Å². The summed E-state index contributed by atoms with van der Waals surface area (Å²) >= 11 is 1.40. The van der Waals surface area contributed by atoms with E-state index < -0.39 is 0 Å². The molecule has 0 aliphatic rings. The summed E-state index contributed by atoms with van der Waals surface area (Å²) < 4.78 is 5.14. The fourth-order valence-electron chi connectivity index (χ4n) is 1.76. The van der Waals surface area contributed by atoms with Crippen LogP contribution >= 0.6 is 11.8 Å². The van der Waals surface area contributed by atoms with Crippen LogP contribution < -0.4 is 16.9 Å². The second kappa shape index (κ2) is 5.90. The third-order valence-corrected chi connectivity index (χ3v) is 3.62. The third kappa shape index (κ3) is 3.36. The van der Waals surface area contributed by atoms with Crippen LogP contribution in [0, 0.1) is 6.92 Å². The number of hydrogen-bond acceptors (Lipinski definition) is 5. The first kappa shape index (κ1) is 13.6. The summed E-state index contributed by atoms with van der Waals surface area (Å²) in [6, 6.07) is 7.11. The number of amides is 1. The lowest BCUT2D eigenvalue weighted by Gasteiger charge is -2.06. The van der Waals surface area contributed by atoms with Crippen LogP contribution in [0.2, 0.25) is 0 Å². The minimum absolute atomic E-state index is 0.242. The number of rotatable bonds is 4. The number of aryl methyl sites for hydroxylation is 1. The van der Waals surface area contributed by atoms with E-state index in [1.807, 2.05) is 19.1 Å². The molecule has 0 bridgehead atoms. The smallest absolute Gasteiger partial charge is 0.336 e. The maximum atomic E-state index is 11.5. The molecule has 100 valence electrons. The topological polar surface area (TPSA) is 85.3 Å². The fourth-order valence-corrected chi connectivity index (χ4v) is 2.59. The molecule has 0 spiro atoms. The van der Waals surface area contributed by atoms with Gasteiger partial charge in [0.2, 0.25) is 5.91 Å². The average molecular weight is 278 g/mol. The van der Waals surface area contributed by atoms with Crippen molar-refractivity contribution in [3.8, 4) is 0 Å². The minimum atomic E-state index is -0.379. The molecule has 2 aromatic rings. The van der Waals surface area contributed by atoms with Crippen molar-refractivity contribution < 1.29 is 9.21 Å². The lowest BCUT2D eigenvalue weighted by molar-refractivity contribution is -0.118. The van der Waals surface area contributed by atoms with Crippen LogP contribution in [0.4, 0.5) is 0 Å². The van der Waals surface area contributed by atoms with Gasteiger partial charge in [-0.05, 0) is 24.6 Å². The second-order valence-electron chi connectivity index (χ2n) is 4.15. The van der Waals surface area contributed by atoms with E-state index in [1.165, 1.54) is 17.8 Å². The molecule has 1 aromatic carbocycles. The molecule has 0 saturated carbocycles. The molecular weight excluding hydrogens is 264 g/mol. The van der Waals surface area contributed by atoms with Gasteiger partial charge in [-0.3, -0.25) is 10.2 Å². The Kier molecular flexibility index (Phi) is 4.24. The van der Waals surface area contributed by atoms with Gasteiger partial charge in [0.1, 0.15) is 5.58 Å². The quantitative estimate of drug-likeness (QED) is 0.381. The normalized spacial score (nSPS) is 10.6. The lowest BCUT2D eigenvalue weighted by atomic mass is 10.1. The molecule has 0 atom stereocenters. The molecule has 2 rings (SSSR count). The lowest BCUT2D eigenvalue weighted by Crippen LogP contribution is -2.31. The Morgan fingerprint density at radius 2 is 2.21 bits per heavy atom. The molecule has 0 aliphatic heterocycles. The molecule has 0 unspecified atom stereocenters. The zero-order valence-corrected chi connectivity index (χ0v) is 11.3. The SMILES string of the molecule is Cc1ccc2oc(=O)cc(CSCC(=O)NN)c2c1. The van der Waals surface area contributed by atoms with Gasteiger partial charge >= 0.3 is 5.63 Å². The summed E-state index contributed by atoms with van der Waals surface area (Å²) in [5.74, 6) is 5.57. The van der Waals surface area contributed by atoms with Crippen molar-refractivity contribution in [3.05, 3.63) is 45.8 Å². The molecule has 1 heterocycles. The highest BCUT2D eigenvalue weighted by atomic mass is 32.2. The first-order valence-electron chi connectivity index (χ1n) is 5.71. The van der Waals surface area contributed by atoms with Crippen LogP contribution in [0.3, 0.4) is 0 Å². The Bertz CT molecular complexity index is 666. The Labute approximate surface area is 114 Å². The van der Waals surface area contributed by atoms with E-state index in [9.17, 15) is 9.59 Å². The van der Waals surface area contributed by atoms with E-state index in [0.717, 1.165) is 16.5 Å².